The number of nitrogens with zero attached hydrogens (tertiary/aromatic N) is 4. The van der Waals surface area contributed by atoms with E-state index in [0.717, 1.165) is 25.1 Å². The number of hydrogen-bond donors (Lipinski definition) is 2. The highest BCUT2D eigenvalue weighted by molar-refractivity contribution is 5.72. The molecule has 1 aromatic carbocycles. The van der Waals surface area contributed by atoms with E-state index in [1.54, 1.807) is 7.11 Å². The van der Waals surface area contributed by atoms with Gasteiger partial charge in [-0.15, -0.1) is 0 Å². The number of carbonyl (C=O) groups is 1. The number of anilines is 3. The average molecular weight is 386 g/mol. The summed E-state index contributed by atoms with van der Waals surface area (Å²) in [7, 11) is 1.60. The van der Waals surface area contributed by atoms with E-state index in [-0.39, 0.29) is 17.8 Å². The van der Waals surface area contributed by atoms with Crippen LogP contribution in [0.5, 0.6) is 5.75 Å². The Morgan fingerprint density at radius 1 is 1.32 bits per heavy atom. The van der Waals surface area contributed by atoms with Gasteiger partial charge in [0.05, 0.1) is 31.9 Å². The molecular formula is C19H26N6O3. The van der Waals surface area contributed by atoms with Crippen LogP contribution in [0.4, 0.5) is 17.6 Å². The maximum Gasteiger partial charge on any atom is 0.310 e. The molecule has 0 unspecified atom stereocenters. The number of para-hydroxylation sites is 2. The lowest BCUT2D eigenvalue weighted by atomic mass is 9.98. The first kappa shape index (κ1) is 19.8. The molecular weight excluding hydrogens is 360 g/mol. The molecule has 1 aliphatic heterocycles. The van der Waals surface area contributed by atoms with Gasteiger partial charge in [0.1, 0.15) is 11.6 Å². The van der Waals surface area contributed by atoms with E-state index < -0.39 is 0 Å². The molecule has 0 saturated carbocycles. The highest BCUT2D eigenvalue weighted by Gasteiger charge is 2.27. The number of ether oxygens (including phenoxy) is 2. The molecule has 0 amide bonds. The molecule has 0 aliphatic carbocycles. The van der Waals surface area contributed by atoms with Gasteiger partial charge in [-0.05, 0) is 38.4 Å². The number of hydrogen-bond acceptors (Lipinski definition) is 9. The van der Waals surface area contributed by atoms with Gasteiger partial charge in [-0.2, -0.15) is 15.0 Å². The van der Waals surface area contributed by atoms with Crippen LogP contribution in [0, 0.1) is 5.92 Å². The molecule has 3 N–H and O–H groups in total. The van der Waals surface area contributed by atoms with Crippen molar-refractivity contribution in [3.8, 4) is 5.75 Å². The van der Waals surface area contributed by atoms with Gasteiger partial charge in [-0.1, -0.05) is 12.1 Å². The fourth-order valence-electron chi connectivity index (χ4n) is 3.28. The van der Waals surface area contributed by atoms with E-state index in [4.69, 9.17) is 15.2 Å². The van der Waals surface area contributed by atoms with Crippen LogP contribution in [-0.2, 0) is 16.1 Å². The quantitative estimate of drug-likeness (QED) is 0.689. The second-order valence-corrected chi connectivity index (χ2v) is 6.59. The maximum atomic E-state index is 12.0. The molecule has 1 fully saturated rings. The third kappa shape index (κ3) is 5.07. The zero-order chi connectivity index (χ0) is 19.9. The molecule has 0 radical (unpaired) electrons. The van der Waals surface area contributed by atoms with Crippen molar-refractivity contribution >= 4 is 23.6 Å². The fourth-order valence-corrected chi connectivity index (χ4v) is 3.28. The SMILES string of the molecule is CCOC(=O)[C@@H]1CCCN(Cc2nc(N)nc(Nc3ccccc3OC)n2)C1. The summed E-state index contributed by atoms with van der Waals surface area (Å²) in [4.78, 5) is 27.1. The summed E-state index contributed by atoms with van der Waals surface area (Å²) < 4.78 is 10.5. The smallest absolute Gasteiger partial charge is 0.310 e. The largest absolute Gasteiger partial charge is 0.495 e. The number of rotatable bonds is 7. The Kier molecular flexibility index (Phi) is 6.59. The van der Waals surface area contributed by atoms with Crippen molar-refractivity contribution in [1.82, 2.24) is 19.9 Å². The molecule has 1 saturated heterocycles. The Balaban J connectivity index is 1.70. The lowest BCUT2D eigenvalue weighted by Crippen LogP contribution is -2.39. The Labute approximate surface area is 164 Å². The molecule has 1 atom stereocenters. The second-order valence-electron chi connectivity index (χ2n) is 6.59. The zero-order valence-electron chi connectivity index (χ0n) is 16.2. The van der Waals surface area contributed by atoms with Gasteiger partial charge < -0.3 is 20.5 Å². The van der Waals surface area contributed by atoms with Crippen molar-refractivity contribution in [3.05, 3.63) is 30.1 Å². The molecule has 2 heterocycles. The summed E-state index contributed by atoms with van der Waals surface area (Å²) in [5.41, 5.74) is 6.62. The Morgan fingerprint density at radius 3 is 2.93 bits per heavy atom. The van der Waals surface area contributed by atoms with Gasteiger partial charge in [0.2, 0.25) is 11.9 Å². The number of esters is 1. The number of nitrogens with one attached hydrogen (secondary N) is 1. The van der Waals surface area contributed by atoms with E-state index in [1.165, 1.54) is 0 Å². The first-order valence-electron chi connectivity index (χ1n) is 9.38. The number of piperidine rings is 1. The van der Waals surface area contributed by atoms with Crippen molar-refractivity contribution < 1.29 is 14.3 Å². The van der Waals surface area contributed by atoms with Gasteiger partial charge >= 0.3 is 5.97 Å². The molecule has 0 bridgehead atoms. The van der Waals surface area contributed by atoms with E-state index >= 15 is 0 Å². The molecule has 1 aromatic heterocycles. The third-order valence-electron chi connectivity index (χ3n) is 4.54. The van der Waals surface area contributed by atoms with Crippen LogP contribution in [0.2, 0.25) is 0 Å². The lowest BCUT2D eigenvalue weighted by Gasteiger charge is -2.30. The maximum absolute atomic E-state index is 12.0. The van der Waals surface area contributed by atoms with Crippen molar-refractivity contribution in [1.29, 1.82) is 0 Å². The van der Waals surface area contributed by atoms with Gasteiger partial charge in [0, 0.05) is 6.54 Å². The van der Waals surface area contributed by atoms with Gasteiger partial charge in [0.15, 0.2) is 0 Å². The molecule has 0 spiro atoms. The summed E-state index contributed by atoms with van der Waals surface area (Å²) in [6.45, 7) is 4.21. The Bertz CT molecular complexity index is 816. The number of carbonyl (C=O) groups excluding carboxylic acids is 1. The Hall–Kier alpha value is -2.94. The topological polar surface area (TPSA) is 115 Å². The number of benzene rings is 1. The number of nitrogens with two attached hydrogens (primary N) is 1. The van der Waals surface area contributed by atoms with Crippen LogP contribution in [0.15, 0.2) is 24.3 Å². The predicted molar refractivity (Wildman–Crippen MR) is 105 cm³/mol. The molecule has 9 nitrogen and oxygen atoms in total. The molecule has 150 valence electrons. The van der Waals surface area contributed by atoms with E-state index in [0.29, 0.717) is 37.2 Å². The number of nitrogen functional groups attached to an aromatic ring is 1. The number of aromatic nitrogens is 3. The summed E-state index contributed by atoms with van der Waals surface area (Å²) in [6, 6.07) is 7.48. The third-order valence-corrected chi connectivity index (χ3v) is 4.54. The average Bonchev–Trinajstić information content (AvgIpc) is 2.68. The highest BCUT2D eigenvalue weighted by Crippen LogP contribution is 2.26. The van der Waals surface area contributed by atoms with Crippen LogP contribution in [0.1, 0.15) is 25.6 Å². The zero-order valence-corrected chi connectivity index (χ0v) is 16.2. The summed E-state index contributed by atoms with van der Waals surface area (Å²) in [5, 5.41) is 3.13. The number of methoxy groups -OCH3 is 1. The van der Waals surface area contributed by atoms with Crippen molar-refractivity contribution in [2.24, 2.45) is 5.92 Å². The second kappa shape index (κ2) is 9.32. The van der Waals surface area contributed by atoms with Crippen LogP contribution in [0.3, 0.4) is 0 Å². The lowest BCUT2D eigenvalue weighted by molar-refractivity contribution is -0.150. The van der Waals surface area contributed by atoms with E-state index in [1.807, 2.05) is 31.2 Å². The minimum Gasteiger partial charge on any atom is -0.495 e. The Morgan fingerprint density at radius 2 is 2.14 bits per heavy atom. The van der Waals surface area contributed by atoms with Crippen LogP contribution >= 0.6 is 0 Å². The minimum atomic E-state index is -0.138. The van der Waals surface area contributed by atoms with Crippen molar-refractivity contribution in [3.63, 3.8) is 0 Å². The fraction of sp³-hybridized carbons (Fsp3) is 0.474. The number of likely N-dealkylation sites (tertiary alicyclic amines) is 1. The van der Waals surface area contributed by atoms with Crippen molar-refractivity contribution in [2.45, 2.75) is 26.3 Å². The minimum absolute atomic E-state index is 0.112. The van der Waals surface area contributed by atoms with Gasteiger partial charge in [0.25, 0.3) is 0 Å². The standard InChI is InChI=1S/C19H26N6O3/c1-3-28-17(26)13-7-6-10-25(11-13)12-16-22-18(20)24-19(23-16)21-14-8-4-5-9-15(14)27-2/h4-5,8-9,13H,3,6-7,10-12H2,1-2H3,(H3,20,21,22,23,24)/t13-/m1/s1. The first-order chi connectivity index (χ1) is 13.6. The van der Waals surface area contributed by atoms with E-state index in [2.05, 4.69) is 25.2 Å². The van der Waals surface area contributed by atoms with Gasteiger partial charge in [-0.3, -0.25) is 9.69 Å². The first-order valence-corrected chi connectivity index (χ1v) is 9.38. The van der Waals surface area contributed by atoms with Crippen molar-refractivity contribution in [2.75, 3.05) is 37.9 Å². The van der Waals surface area contributed by atoms with Crippen LogP contribution in [0.25, 0.3) is 0 Å². The normalized spacial score (nSPS) is 17.1. The molecule has 2 aromatic rings. The molecule has 3 rings (SSSR count). The van der Waals surface area contributed by atoms with Crippen LogP contribution < -0.4 is 15.8 Å². The molecule has 1 aliphatic rings. The monoisotopic (exact) mass is 386 g/mol. The summed E-state index contributed by atoms with van der Waals surface area (Å²) >= 11 is 0. The van der Waals surface area contributed by atoms with Crippen LogP contribution in [-0.4, -0.2) is 52.6 Å². The molecule has 28 heavy (non-hydrogen) atoms. The predicted octanol–water partition coefficient (Wildman–Crippen LogP) is 1.98. The summed E-state index contributed by atoms with van der Waals surface area (Å²) in [6.07, 6.45) is 1.77. The molecule has 9 heteroatoms. The summed E-state index contributed by atoms with van der Waals surface area (Å²) in [5.74, 6) is 1.47. The van der Waals surface area contributed by atoms with E-state index in [9.17, 15) is 4.79 Å². The van der Waals surface area contributed by atoms with Gasteiger partial charge in [-0.25, -0.2) is 0 Å². The highest BCUT2D eigenvalue weighted by atomic mass is 16.5.